The minimum Gasteiger partial charge on any atom is -0.298 e. The highest BCUT2D eigenvalue weighted by molar-refractivity contribution is 7.85. The molecule has 2 unspecified atom stereocenters. The zero-order chi connectivity index (χ0) is 11.3. The SMILES string of the molecule is CCC(C)CS(=O)CC(=O)C1CCCC1. The summed E-state index contributed by atoms with van der Waals surface area (Å²) in [5.41, 5.74) is 0. The van der Waals surface area contributed by atoms with E-state index in [1.54, 1.807) is 0 Å². The van der Waals surface area contributed by atoms with Gasteiger partial charge in [-0.05, 0) is 18.8 Å². The van der Waals surface area contributed by atoms with Crippen molar-refractivity contribution in [2.24, 2.45) is 11.8 Å². The fourth-order valence-electron chi connectivity index (χ4n) is 2.02. The highest BCUT2D eigenvalue weighted by atomic mass is 32.2. The largest absolute Gasteiger partial charge is 0.298 e. The van der Waals surface area contributed by atoms with Crippen molar-refractivity contribution in [3.8, 4) is 0 Å². The second-order valence-corrected chi connectivity index (χ2v) is 6.21. The molecular weight excluding hydrogens is 208 g/mol. The quantitative estimate of drug-likeness (QED) is 0.702. The van der Waals surface area contributed by atoms with Gasteiger partial charge in [0.05, 0.1) is 5.75 Å². The number of carbonyl (C=O) groups excluding carboxylic acids is 1. The molecule has 0 aromatic carbocycles. The maximum absolute atomic E-state index is 11.7. The number of hydrogen-bond donors (Lipinski definition) is 0. The number of Topliss-reactive ketones (excluding diaryl/α,β-unsaturated/α-hetero) is 1. The molecule has 88 valence electrons. The van der Waals surface area contributed by atoms with Crippen LogP contribution in [0.2, 0.25) is 0 Å². The highest BCUT2D eigenvalue weighted by Gasteiger charge is 2.24. The molecule has 1 rings (SSSR count). The summed E-state index contributed by atoms with van der Waals surface area (Å²) in [6.45, 7) is 4.19. The Morgan fingerprint density at radius 2 is 2.00 bits per heavy atom. The summed E-state index contributed by atoms with van der Waals surface area (Å²) in [4.78, 5) is 11.7. The molecule has 0 aromatic heterocycles. The number of carbonyl (C=O) groups is 1. The van der Waals surface area contributed by atoms with Gasteiger partial charge in [-0.1, -0.05) is 33.1 Å². The lowest BCUT2D eigenvalue weighted by Gasteiger charge is -2.10. The zero-order valence-corrected chi connectivity index (χ0v) is 10.6. The topological polar surface area (TPSA) is 34.1 Å². The zero-order valence-electron chi connectivity index (χ0n) is 9.83. The Kier molecular flexibility index (Phi) is 5.51. The second kappa shape index (κ2) is 6.41. The van der Waals surface area contributed by atoms with Crippen LogP contribution in [0.3, 0.4) is 0 Å². The van der Waals surface area contributed by atoms with Crippen molar-refractivity contribution in [1.29, 1.82) is 0 Å². The molecule has 1 aliphatic rings. The molecule has 1 saturated carbocycles. The average molecular weight is 230 g/mol. The van der Waals surface area contributed by atoms with Crippen LogP contribution in [0, 0.1) is 11.8 Å². The lowest BCUT2D eigenvalue weighted by Crippen LogP contribution is -2.21. The van der Waals surface area contributed by atoms with Gasteiger partial charge in [-0.3, -0.25) is 9.00 Å². The molecule has 2 nitrogen and oxygen atoms in total. The monoisotopic (exact) mass is 230 g/mol. The highest BCUT2D eigenvalue weighted by Crippen LogP contribution is 2.25. The Bertz CT molecular complexity index is 232. The van der Waals surface area contributed by atoms with Gasteiger partial charge in [0.1, 0.15) is 5.78 Å². The maximum Gasteiger partial charge on any atom is 0.148 e. The van der Waals surface area contributed by atoms with E-state index in [0.29, 0.717) is 17.4 Å². The van der Waals surface area contributed by atoms with E-state index < -0.39 is 10.8 Å². The molecule has 0 amide bonds. The van der Waals surface area contributed by atoms with Gasteiger partial charge < -0.3 is 0 Å². The summed E-state index contributed by atoms with van der Waals surface area (Å²) < 4.78 is 11.7. The van der Waals surface area contributed by atoms with Gasteiger partial charge in [-0.2, -0.15) is 0 Å². The maximum atomic E-state index is 11.7. The minimum absolute atomic E-state index is 0.228. The van der Waals surface area contributed by atoms with Crippen LogP contribution in [-0.2, 0) is 15.6 Å². The summed E-state index contributed by atoms with van der Waals surface area (Å²) in [7, 11) is -0.926. The van der Waals surface area contributed by atoms with Crippen LogP contribution in [-0.4, -0.2) is 21.5 Å². The van der Waals surface area contributed by atoms with Crippen LogP contribution in [0.1, 0.15) is 46.0 Å². The molecule has 0 aromatic rings. The van der Waals surface area contributed by atoms with Crippen molar-refractivity contribution in [2.45, 2.75) is 46.0 Å². The van der Waals surface area contributed by atoms with Crippen molar-refractivity contribution in [1.82, 2.24) is 0 Å². The molecule has 0 radical (unpaired) electrons. The van der Waals surface area contributed by atoms with E-state index in [1.165, 1.54) is 12.8 Å². The van der Waals surface area contributed by atoms with Crippen molar-refractivity contribution in [3.63, 3.8) is 0 Å². The Morgan fingerprint density at radius 1 is 1.40 bits per heavy atom. The number of rotatable bonds is 6. The lowest BCUT2D eigenvalue weighted by atomic mass is 10.0. The van der Waals surface area contributed by atoms with E-state index in [1.807, 2.05) is 0 Å². The molecule has 0 spiro atoms. The second-order valence-electron chi connectivity index (χ2n) is 4.71. The Hall–Kier alpha value is -0.180. The van der Waals surface area contributed by atoms with Gasteiger partial charge in [0, 0.05) is 22.5 Å². The molecule has 3 heteroatoms. The third-order valence-electron chi connectivity index (χ3n) is 3.28. The minimum atomic E-state index is -0.926. The van der Waals surface area contributed by atoms with E-state index in [2.05, 4.69) is 13.8 Å². The first kappa shape index (κ1) is 12.9. The van der Waals surface area contributed by atoms with Crippen LogP contribution >= 0.6 is 0 Å². The molecule has 0 saturated heterocycles. The van der Waals surface area contributed by atoms with Crippen LogP contribution < -0.4 is 0 Å². The van der Waals surface area contributed by atoms with Crippen LogP contribution in [0.25, 0.3) is 0 Å². The summed E-state index contributed by atoms with van der Waals surface area (Å²) >= 11 is 0. The molecule has 0 bridgehead atoms. The standard InChI is InChI=1S/C12H22O2S/c1-3-10(2)8-15(14)9-12(13)11-6-4-5-7-11/h10-11H,3-9H2,1-2H3. The van der Waals surface area contributed by atoms with Crippen molar-refractivity contribution < 1.29 is 9.00 Å². The normalized spacial score (nSPS) is 21.5. The third kappa shape index (κ3) is 4.45. The van der Waals surface area contributed by atoms with Gasteiger partial charge in [0.2, 0.25) is 0 Å². The summed E-state index contributed by atoms with van der Waals surface area (Å²) in [6.07, 6.45) is 5.45. The first-order chi connectivity index (χ1) is 7.13. The molecule has 2 atom stereocenters. The van der Waals surface area contributed by atoms with Crippen LogP contribution in [0.5, 0.6) is 0 Å². The Balaban J connectivity index is 2.27. The van der Waals surface area contributed by atoms with E-state index >= 15 is 0 Å². The van der Waals surface area contributed by atoms with Crippen molar-refractivity contribution in [3.05, 3.63) is 0 Å². The fourth-order valence-corrected chi connectivity index (χ4v) is 3.56. The van der Waals surface area contributed by atoms with E-state index in [0.717, 1.165) is 19.3 Å². The number of hydrogen-bond acceptors (Lipinski definition) is 2. The average Bonchev–Trinajstić information content (AvgIpc) is 2.70. The Morgan fingerprint density at radius 3 is 2.53 bits per heavy atom. The predicted molar refractivity (Wildman–Crippen MR) is 64.3 cm³/mol. The molecule has 0 heterocycles. The first-order valence-electron chi connectivity index (χ1n) is 6.01. The summed E-state index contributed by atoms with van der Waals surface area (Å²) in [6, 6.07) is 0. The molecular formula is C12H22O2S. The van der Waals surface area contributed by atoms with E-state index in [9.17, 15) is 9.00 Å². The van der Waals surface area contributed by atoms with Gasteiger partial charge in [0.25, 0.3) is 0 Å². The van der Waals surface area contributed by atoms with E-state index in [4.69, 9.17) is 0 Å². The molecule has 1 aliphatic carbocycles. The Labute approximate surface area is 95.3 Å². The third-order valence-corrected chi connectivity index (χ3v) is 4.83. The van der Waals surface area contributed by atoms with Gasteiger partial charge in [0.15, 0.2) is 0 Å². The smallest absolute Gasteiger partial charge is 0.148 e. The van der Waals surface area contributed by atoms with Crippen LogP contribution in [0.15, 0.2) is 0 Å². The summed E-state index contributed by atoms with van der Waals surface area (Å²) in [5, 5.41) is 0. The lowest BCUT2D eigenvalue weighted by molar-refractivity contribution is -0.120. The van der Waals surface area contributed by atoms with E-state index in [-0.39, 0.29) is 11.7 Å². The van der Waals surface area contributed by atoms with Crippen LogP contribution in [0.4, 0.5) is 0 Å². The summed E-state index contributed by atoms with van der Waals surface area (Å²) in [5.74, 6) is 1.94. The fraction of sp³-hybridized carbons (Fsp3) is 0.917. The first-order valence-corrected chi connectivity index (χ1v) is 7.50. The predicted octanol–water partition coefficient (Wildman–Crippen LogP) is 2.54. The molecule has 0 N–H and O–H groups in total. The molecule has 15 heavy (non-hydrogen) atoms. The number of ketones is 1. The van der Waals surface area contributed by atoms with Gasteiger partial charge in [-0.25, -0.2) is 0 Å². The van der Waals surface area contributed by atoms with Crippen molar-refractivity contribution >= 4 is 16.6 Å². The van der Waals surface area contributed by atoms with Crippen molar-refractivity contribution in [2.75, 3.05) is 11.5 Å². The molecule has 1 fully saturated rings. The van der Waals surface area contributed by atoms with Gasteiger partial charge >= 0.3 is 0 Å². The molecule has 0 aliphatic heterocycles. The van der Waals surface area contributed by atoms with Gasteiger partial charge in [-0.15, -0.1) is 0 Å².